The van der Waals surface area contributed by atoms with Crippen molar-refractivity contribution in [2.75, 3.05) is 0 Å². The van der Waals surface area contributed by atoms with Crippen LogP contribution in [0.15, 0.2) is 243 Å². The van der Waals surface area contributed by atoms with Gasteiger partial charge in [0.05, 0.1) is 16.8 Å². The van der Waals surface area contributed by atoms with Crippen molar-refractivity contribution in [3.8, 4) is 79.2 Å². The maximum atomic E-state index is 6.97. The zero-order valence-corrected chi connectivity index (χ0v) is 37.3. The summed E-state index contributed by atoms with van der Waals surface area (Å²) in [5.74, 6) is 3.44. The molecule has 0 radical (unpaired) electrons. The summed E-state index contributed by atoms with van der Waals surface area (Å²) in [6, 6.07) is 86.0. The van der Waals surface area contributed by atoms with Gasteiger partial charge >= 0.3 is 0 Å². The molecule has 1 aromatic heterocycles. The Morgan fingerprint density at radius 3 is 1.52 bits per heavy atom. The number of nitrogens with zero attached hydrogens (tertiary/aromatic N) is 2. The fraction of sp³-hybridized carbons (Fsp3) is 0.0154. The number of rotatable bonds is 6. The number of aromatic nitrogens is 2. The second kappa shape index (κ2) is 15.5. The molecule has 0 N–H and O–H groups in total. The smallest absolute Gasteiger partial charge is 0.178 e. The first kappa shape index (κ1) is 39.1. The molecule has 11 aromatic carbocycles. The van der Waals surface area contributed by atoms with Crippen molar-refractivity contribution < 1.29 is 9.47 Å². The summed E-state index contributed by atoms with van der Waals surface area (Å²) in [5, 5.41) is 7.40. The summed E-state index contributed by atoms with van der Waals surface area (Å²) in [4.78, 5) is 10.4. The van der Waals surface area contributed by atoms with Crippen molar-refractivity contribution in [3.63, 3.8) is 0 Å². The Morgan fingerprint density at radius 2 is 0.826 bits per heavy atom. The van der Waals surface area contributed by atoms with Crippen LogP contribution >= 0.6 is 0 Å². The van der Waals surface area contributed by atoms with Crippen LogP contribution in [0.2, 0.25) is 0 Å². The summed E-state index contributed by atoms with van der Waals surface area (Å²) in [6.45, 7) is 0. The molecule has 322 valence electrons. The van der Waals surface area contributed by atoms with E-state index in [1.807, 2.05) is 24.3 Å². The van der Waals surface area contributed by atoms with E-state index in [0.717, 1.165) is 56.1 Å². The Morgan fingerprint density at radius 1 is 0.304 bits per heavy atom. The average Bonchev–Trinajstić information content (AvgIpc) is 3.74. The molecule has 1 aliphatic carbocycles. The average molecular weight is 881 g/mol. The Kier molecular flexibility index (Phi) is 8.77. The Labute approximate surface area is 399 Å². The van der Waals surface area contributed by atoms with E-state index in [0.29, 0.717) is 23.1 Å². The van der Waals surface area contributed by atoms with Crippen LogP contribution < -0.4 is 9.47 Å². The minimum Gasteiger partial charge on any atom is -0.449 e. The van der Waals surface area contributed by atoms with Crippen LogP contribution in [0.25, 0.3) is 88.5 Å². The van der Waals surface area contributed by atoms with Crippen LogP contribution in [0.5, 0.6) is 23.0 Å². The largest absolute Gasteiger partial charge is 0.449 e. The van der Waals surface area contributed by atoms with Gasteiger partial charge in [-0.25, -0.2) is 9.97 Å². The molecule has 0 saturated carbocycles. The molecule has 0 amide bonds. The molecule has 0 atom stereocenters. The predicted molar refractivity (Wildman–Crippen MR) is 280 cm³/mol. The Bertz CT molecular complexity index is 3940. The standard InChI is InChI=1S/C65H40N2O2/c1-4-17-41(18-5-1)64-66-57(40-58(67-64)45-31-33-52-50-27-11-10-25-48(50)49-26-12-13-28-51(49)54(52)38-45)44-20-16-19-42(37-44)43-32-35-59-61(39-43)68-60-36-34-56-62(63(60)69-59)53-29-14-15-30-55(53)65(56,46-21-6-2-7-22-46)47-23-8-3-9-24-47/h1-40H. The SMILES string of the molecule is c1ccc(-c2nc(-c3cccc(-c4ccc5c(c4)Oc4ccc6c(c4O5)-c4ccccc4C6(c4ccccc4)c4ccccc4)c3)cc(-c3ccc4c5ccccc5c5ccccc5c4c3)n2)cc1. The van der Waals surface area contributed by atoms with Crippen LogP contribution in [-0.4, -0.2) is 9.97 Å². The van der Waals surface area contributed by atoms with Gasteiger partial charge < -0.3 is 9.47 Å². The molecule has 12 aromatic rings. The van der Waals surface area contributed by atoms with E-state index < -0.39 is 5.41 Å². The van der Waals surface area contributed by atoms with Crippen LogP contribution in [0.3, 0.4) is 0 Å². The van der Waals surface area contributed by atoms with Gasteiger partial charge in [-0.05, 0) is 108 Å². The van der Waals surface area contributed by atoms with Gasteiger partial charge in [-0.3, -0.25) is 0 Å². The van der Waals surface area contributed by atoms with Gasteiger partial charge in [-0.1, -0.05) is 206 Å². The predicted octanol–water partition coefficient (Wildman–Crippen LogP) is 16.9. The molecule has 0 unspecified atom stereocenters. The maximum Gasteiger partial charge on any atom is 0.178 e. The summed E-state index contributed by atoms with van der Waals surface area (Å²) in [5.41, 5.74) is 13.2. The first-order valence-corrected chi connectivity index (χ1v) is 23.5. The first-order chi connectivity index (χ1) is 34.2. The van der Waals surface area contributed by atoms with Crippen LogP contribution in [-0.2, 0) is 5.41 Å². The van der Waals surface area contributed by atoms with E-state index in [1.54, 1.807) is 0 Å². The third-order valence-electron chi connectivity index (χ3n) is 14.2. The minimum absolute atomic E-state index is 0.534. The zero-order chi connectivity index (χ0) is 45.5. The lowest BCUT2D eigenvalue weighted by atomic mass is 9.68. The molecule has 14 rings (SSSR count). The molecular weight excluding hydrogens is 841 g/mol. The van der Waals surface area contributed by atoms with Crippen molar-refractivity contribution in [2.24, 2.45) is 0 Å². The summed E-state index contributed by atoms with van der Waals surface area (Å²) in [7, 11) is 0. The second-order valence-corrected chi connectivity index (χ2v) is 18.0. The third-order valence-corrected chi connectivity index (χ3v) is 14.2. The quantitative estimate of drug-likeness (QED) is 0.156. The van der Waals surface area contributed by atoms with E-state index in [9.17, 15) is 0 Å². The summed E-state index contributed by atoms with van der Waals surface area (Å²) in [6.07, 6.45) is 0. The summed E-state index contributed by atoms with van der Waals surface area (Å²) < 4.78 is 13.8. The van der Waals surface area contributed by atoms with Crippen molar-refractivity contribution in [1.29, 1.82) is 0 Å². The van der Waals surface area contributed by atoms with Gasteiger partial charge in [-0.2, -0.15) is 0 Å². The molecule has 1 aliphatic heterocycles. The van der Waals surface area contributed by atoms with E-state index in [4.69, 9.17) is 19.4 Å². The highest BCUT2D eigenvalue weighted by Gasteiger charge is 2.48. The van der Waals surface area contributed by atoms with E-state index in [2.05, 4.69) is 218 Å². The highest BCUT2D eigenvalue weighted by molar-refractivity contribution is 6.25. The highest BCUT2D eigenvalue weighted by Crippen LogP contribution is 2.62. The van der Waals surface area contributed by atoms with Gasteiger partial charge in [0.2, 0.25) is 0 Å². The number of fused-ring (bicyclic) bond motifs is 12. The molecular formula is C65H40N2O2. The lowest BCUT2D eigenvalue weighted by Gasteiger charge is -2.34. The van der Waals surface area contributed by atoms with Crippen LogP contribution in [0.4, 0.5) is 0 Å². The lowest BCUT2D eigenvalue weighted by molar-refractivity contribution is 0.360. The summed E-state index contributed by atoms with van der Waals surface area (Å²) >= 11 is 0. The van der Waals surface area contributed by atoms with E-state index >= 15 is 0 Å². The Hall–Kier alpha value is -9.12. The van der Waals surface area contributed by atoms with Gasteiger partial charge in [0.25, 0.3) is 0 Å². The number of benzene rings is 11. The topological polar surface area (TPSA) is 44.2 Å². The third kappa shape index (κ3) is 6.09. The monoisotopic (exact) mass is 880 g/mol. The second-order valence-electron chi connectivity index (χ2n) is 18.0. The van der Waals surface area contributed by atoms with Gasteiger partial charge in [0.1, 0.15) is 0 Å². The van der Waals surface area contributed by atoms with Crippen molar-refractivity contribution in [3.05, 3.63) is 265 Å². The number of ether oxygens (including phenoxy) is 2. The lowest BCUT2D eigenvalue weighted by Crippen LogP contribution is -2.28. The number of hydrogen-bond donors (Lipinski definition) is 0. The van der Waals surface area contributed by atoms with Crippen molar-refractivity contribution >= 4 is 32.3 Å². The fourth-order valence-corrected chi connectivity index (χ4v) is 11.1. The van der Waals surface area contributed by atoms with Gasteiger partial charge in [0.15, 0.2) is 28.8 Å². The fourth-order valence-electron chi connectivity index (χ4n) is 11.1. The molecule has 4 nitrogen and oxygen atoms in total. The number of hydrogen-bond acceptors (Lipinski definition) is 4. The molecule has 0 spiro atoms. The first-order valence-electron chi connectivity index (χ1n) is 23.5. The van der Waals surface area contributed by atoms with Crippen molar-refractivity contribution in [2.45, 2.75) is 5.41 Å². The van der Waals surface area contributed by atoms with E-state index in [-0.39, 0.29) is 0 Å². The zero-order valence-electron chi connectivity index (χ0n) is 37.3. The van der Waals surface area contributed by atoms with Crippen LogP contribution in [0, 0.1) is 0 Å². The molecule has 0 bridgehead atoms. The normalized spacial score (nSPS) is 13.0. The molecule has 0 fully saturated rings. The minimum atomic E-state index is -0.534. The highest BCUT2D eigenvalue weighted by atomic mass is 16.6. The molecule has 69 heavy (non-hydrogen) atoms. The maximum absolute atomic E-state index is 6.97. The Balaban J connectivity index is 0.851. The van der Waals surface area contributed by atoms with Gasteiger partial charge in [0, 0.05) is 22.3 Å². The molecule has 0 saturated heterocycles. The van der Waals surface area contributed by atoms with E-state index in [1.165, 1.54) is 54.6 Å². The molecule has 2 aliphatic rings. The van der Waals surface area contributed by atoms with Crippen molar-refractivity contribution in [1.82, 2.24) is 9.97 Å². The molecule has 4 heteroatoms. The molecule has 2 heterocycles. The van der Waals surface area contributed by atoms with Crippen LogP contribution in [0.1, 0.15) is 22.3 Å². The van der Waals surface area contributed by atoms with Gasteiger partial charge in [-0.15, -0.1) is 0 Å².